The Hall–Kier alpha value is -2.62. The number of phenols is 1. The number of aromatic amines is 1. The Balaban J connectivity index is 1.54. The van der Waals surface area contributed by atoms with E-state index in [0.29, 0.717) is 17.4 Å². The van der Waals surface area contributed by atoms with Crippen LogP contribution < -0.4 is 0 Å². The molecule has 1 saturated carbocycles. The van der Waals surface area contributed by atoms with Crippen LogP contribution in [-0.4, -0.2) is 20.9 Å². The lowest BCUT2D eigenvalue weighted by atomic mass is 9.75. The van der Waals surface area contributed by atoms with Gasteiger partial charge in [-0.25, -0.2) is 4.98 Å². The summed E-state index contributed by atoms with van der Waals surface area (Å²) in [5.74, 6) is 1.02. The summed E-state index contributed by atoms with van der Waals surface area (Å²) in [7, 11) is 0. The van der Waals surface area contributed by atoms with Crippen LogP contribution in [0.4, 0.5) is 0 Å². The first-order chi connectivity index (χ1) is 12.1. The first-order valence-corrected chi connectivity index (χ1v) is 8.90. The SMILES string of the molecule is Cc1[nH]cnc1C(=O)C1CCC(c2ccc(O)c3ccccc23)CC1. The van der Waals surface area contributed by atoms with Gasteiger partial charge in [-0.15, -0.1) is 0 Å². The van der Waals surface area contributed by atoms with Gasteiger partial charge in [0, 0.05) is 17.0 Å². The molecule has 1 aromatic heterocycles. The van der Waals surface area contributed by atoms with Crippen molar-refractivity contribution in [2.24, 2.45) is 5.92 Å². The highest BCUT2D eigenvalue weighted by Crippen LogP contribution is 2.41. The molecule has 0 atom stereocenters. The topological polar surface area (TPSA) is 66.0 Å². The molecular weight excluding hydrogens is 312 g/mol. The molecule has 4 nitrogen and oxygen atoms in total. The van der Waals surface area contributed by atoms with Crippen LogP contribution in [0.3, 0.4) is 0 Å². The minimum absolute atomic E-state index is 0.0710. The number of H-pyrrole nitrogens is 1. The van der Waals surface area contributed by atoms with Crippen molar-refractivity contribution in [3.05, 3.63) is 59.7 Å². The van der Waals surface area contributed by atoms with Crippen LogP contribution in [0.15, 0.2) is 42.7 Å². The van der Waals surface area contributed by atoms with Crippen LogP contribution in [0.5, 0.6) is 5.75 Å². The highest BCUT2D eigenvalue weighted by Gasteiger charge is 2.30. The molecule has 1 heterocycles. The van der Waals surface area contributed by atoms with Crippen molar-refractivity contribution in [3.63, 3.8) is 0 Å². The van der Waals surface area contributed by atoms with E-state index in [4.69, 9.17) is 0 Å². The van der Waals surface area contributed by atoms with E-state index in [1.807, 2.05) is 31.2 Å². The van der Waals surface area contributed by atoms with Gasteiger partial charge < -0.3 is 10.1 Å². The molecule has 4 heteroatoms. The summed E-state index contributed by atoms with van der Waals surface area (Å²) in [4.78, 5) is 19.8. The smallest absolute Gasteiger partial charge is 0.186 e. The Bertz CT molecular complexity index is 921. The van der Waals surface area contributed by atoms with Gasteiger partial charge >= 0.3 is 0 Å². The Labute approximate surface area is 146 Å². The van der Waals surface area contributed by atoms with Crippen molar-refractivity contribution in [1.82, 2.24) is 9.97 Å². The number of nitrogens with zero attached hydrogens (tertiary/aromatic N) is 1. The number of phenolic OH excluding ortho intramolecular Hbond substituents is 1. The van der Waals surface area contributed by atoms with Gasteiger partial charge in [-0.1, -0.05) is 30.3 Å². The number of nitrogens with one attached hydrogen (secondary N) is 1. The largest absolute Gasteiger partial charge is 0.507 e. The van der Waals surface area contributed by atoms with E-state index in [2.05, 4.69) is 16.0 Å². The van der Waals surface area contributed by atoms with Crippen molar-refractivity contribution >= 4 is 16.6 Å². The van der Waals surface area contributed by atoms with E-state index in [9.17, 15) is 9.90 Å². The number of aromatic nitrogens is 2. The summed E-state index contributed by atoms with van der Waals surface area (Å²) in [5, 5.41) is 12.1. The summed E-state index contributed by atoms with van der Waals surface area (Å²) < 4.78 is 0. The van der Waals surface area contributed by atoms with E-state index < -0.39 is 0 Å². The molecule has 4 rings (SSSR count). The third-order valence-corrected chi connectivity index (χ3v) is 5.54. The third kappa shape index (κ3) is 2.82. The number of benzene rings is 2. The fourth-order valence-electron chi connectivity index (χ4n) is 4.13. The minimum atomic E-state index is 0.0710. The van der Waals surface area contributed by atoms with Gasteiger partial charge in [-0.2, -0.15) is 0 Å². The molecule has 0 spiro atoms. The molecule has 0 aliphatic heterocycles. The maximum absolute atomic E-state index is 12.7. The lowest BCUT2D eigenvalue weighted by Gasteiger charge is -2.28. The molecular formula is C21H22N2O2. The van der Waals surface area contributed by atoms with Crippen molar-refractivity contribution in [2.45, 2.75) is 38.5 Å². The number of fused-ring (bicyclic) bond motifs is 1. The van der Waals surface area contributed by atoms with Crippen molar-refractivity contribution in [1.29, 1.82) is 0 Å². The predicted octanol–water partition coefficient (Wildman–Crippen LogP) is 4.73. The molecule has 128 valence electrons. The molecule has 25 heavy (non-hydrogen) atoms. The van der Waals surface area contributed by atoms with E-state index in [1.165, 1.54) is 5.56 Å². The van der Waals surface area contributed by atoms with Gasteiger partial charge in [-0.3, -0.25) is 4.79 Å². The van der Waals surface area contributed by atoms with Crippen LogP contribution in [0, 0.1) is 12.8 Å². The number of Topliss-reactive ketones (excluding diaryl/α,β-unsaturated/α-hetero) is 1. The zero-order valence-electron chi connectivity index (χ0n) is 14.3. The van der Waals surface area contributed by atoms with Crippen molar-refractivity contribution in [2.75, 3.05) is 0 Å². The van der Waals surface area contributed by atoms with Gasteiger partial charge in [0.25, 0.3) is 0 Å². The van der Waals surface area contributed by atoms with E-state index >= 15 is 0 Å². The molecule has 0 saturated heterocycles. The Kier molecular flexibility index (Phi) is 4.04. The predicted molar refractivity (Wildman–Crippen MR) is 98.0 cm³/mol. The maximum Gasteiger partial charge on any atom is 0.186 e. The second-order valence-corrected chi connectivity index (χ2v) is 7.01. The van der Waals surface area contributed by atoms with Crippen LogP contribution in [0.2, 0.25) is 0 Å². The molecule has 0 amide bonds. The minimum Gasteiger partial charge on any atom is -0.507 e. The Morgan fingerprint density at radius 1 is 1.08 bits per heavy atom. The molecule has 3 aromatic rings. The molecule has 2 N–H and O–H groups in total. The molecule has 2 aromatic carbocycles. The first kappa shape index (κ1) is 15.9. The number of carbonyl (C=O) groups excluding carboxylic acids is 1. The van der Waals surface area contributed by atoms with Crippen LogP contribution in [-0.2, 0) is 0 Å². The lowest BCUT2D eigenvalue weighted by molar-refractivity contribution is 0.0878. The van der Waals surface area contributed by atoms with E-state index in [0.717, 1.165) is 42.1 Å². The van der Waals surface area contributed by atoms with E-state index in [1.54, 1.807) is 12.4 Å². The number of aromatic hydroxyl groups is 1. The van der Waals surface area contributed by atoms with Gasteiger partial charge in [0.05, 0.1) is 6.33 Å². The number of imidazole rings is 1. The Morgan fingerprint density at radius 2 is 1.80 bits per heavy atom. The van der Waals surface area contributed by atoms with Crippen LogP contribution in [0.25, 0.3) is 10.8 Å². The summed E-state index contributed by atoms with van der Waals surface area (Å²) in [6, 6.07) is 11.8. The fraction of sp³-hybridized carbons (Fsp3) is 0.333. The molecule has 1 aliphatic carbocycles. The quantitative estimate of drug-likeness (QED) is 0.680. The average molecular weight is 334 g/mol. The van der Waals surface area contributed by atoms with Crippen LogP contribution >= 0.6 is 0 Å². The molecule has 1 aliphatic rings. The van der Waals surface area contributed by atoms with Gasteiger partial charge in [0.1, 0.15) is 11.4 Å². The van der Waals surface area contributed by atoms with Crippen molar-refractivity contribution in [3.8, 4) is 5.75 Å². The van der Waals surface area contributed by atoms with Crippen molar-refractivity contribution < 1.29 is 9.90 Å². The number of carbonyl (C=O) groups is 1. The zero-order valence-corrected chi connectivity index (χ0v) is 14.3. The second kappa shape index (κ2) is 6.36. The third-order valence-electron chi connectivity index (χ3n) is 5.54. The van der Waals surface area contributed by atoms with Gasteiger partial charge in [-0.05, 0) is 55.5 Å². The second-order valence-electron chi connectivity index (χ2n) is 7.01. The number of ketones is 1. The molecule has 0 unspecified atom stereocenters. The number of aryl methyl sites for hydroxylation is 1. The van der Waals surface area contributed by atoms with E-state index in [-0.39, 0.29) is 11.7 Å². The van der Waals surface area contributed by atoms with Crippen LogP contribution in [0.1, 0.15) is 53.3 Å². The monoisotopic (exact) mass is 334 g/mol. The van der Waals surface area contributed by atoms with Gasteiger partial charge in [0.2, 0.25) is 0 Å². The Morgan fingerprint density at radius 3 is 2.48 bits per heavy atom. The number of rotatable bonds is 3. The first-order valence-electron chi connectivity index (χ1n) is 8.90. The highest BCUT2D eigenvalue weighted by molar-refractivity contribution is 5.97. The number of hydrogen-bond acceptors (Lipinski definition) is 3. The standard InChI is InChI=1S/C21H22N2O2/c1-13-20(23-12-22-13)21(25)15-8-6-14(7-9-15)16-10-11-19(24)18-5-3-2-4-17(16)18/h2-5,10-12,14-15,24H,6-9H2,1H3,(H,22,23). The summed E-state index contributed by atoms with van der Waals surface area (Å²) in [6.45, 7) is 1.90. The lowest BCUT2D eigenvalue weighted by Crippen LogP contribution is -2.22. The summed E-state index contributed by atoms with van der Waals surface area (Å²) >= 11 is 0. The summed E-state index contributed by atoms with van der Waals surface area (Å²) in [5.41, 5.74) is 2.74. The maximum atomic E-state index is 12.7. The highest BCUT2D eigenvalue weighted by atomic mass is 16.3. The average Bonchev–Trinajstić information content (AvgIpc) is 3.08. The fourth-order valence-corrected chi connectivity index (χ4v) is 4.13. The summed E-state index contributed by atoms with van der Waals surface area (Å²) in [6.07, 6.45) is 5.37. The molecule has 0 radical (unpaired) electrons. The molecule has 0 bridgehead atoms. The molecule has 1 fully saturated rings. The number of hydrogen-bond donors (Lipinski definition) is 2. The van der Waals surface area contributed by atoms with Gasteiger partial charge in [0.15, 0.2) is 5.78 Å². The zero-order chi connectivity index (χ0) is 17.4. The normalized spacial score (nSPS) is 20.7.